The molecule has 1 fully saturated rings. The Balaban J connectivity index is 1.31. The third-order valence-corrected chi connectivity index (χ3v) is 5.48. The van der Waals surface area contributed by atoms with Gasteiger partial charge in [-0.05, 0) is 48.9 Å². The first-order valence-corrected chi connectivity index (χ1v) is 10.4. The minimum Gasteiger partial charge on any atom is -0.379 e. The lowest BCUT2D eigenvalue weighted by Gasteiger charge is -2.26. The van der Waals surface area contributed by atoms with Crippen LogP contribution in [-0.2, 0) is 27.1 Å². The Morgan fingerprint density at radius 2 is 2.07 bits per heavy atom. The van der Waals surface area contributed by atoms with Crippen molar-refractivity contribution in [1.29, 1.82) is 0 Å². The van der Waals surface area contributed by atoms with Crippen LogP contribution in [0.1, 0.15) is 24.0 Å². The normalized spacial score (nSPS) is 17.0. The zero-order valence-corrected chi connectivity index (χ0v) is 16.7. The Morgan fingerprint density at radius 3 is 2.97 bits per heavy atom. The van der Waals surface area contributed by atoms with Crippen molar-refractivity contribution >= 4 is 11.6 Å². The molecule has 1 N–H and O–H groups in total. The zero-order chi connectivity index (χ0) is 19.9. The maximum Gasteiger partial charge on any atom is 0.250 e. The second-order valence-electron chi connectivity index (χ2n) is 7.54. The zero-order valence-electron chi connectivity index (χ0n) is 16.7. The van der Waals surface area contributed by atoms with Gasteiger partial charge >= 0.3 is 0 Å². The molecule has 7 heteroatoms. The first kappa shape index (κ1) is 19.9. The number of anilines is 1. The molecule has 1 aliphatic carbocycles. The number of aromatic nitrogens is 2. The van der Waals surface area contributed by atoms with Gasteiger partial charge in [0.05, 0.1) is 31.7 Å². The molecule has 0 atom stereocenters. The van der Waals surface area contributed by atoms with Gasteiger partial charge in [-0.1, -0.05) is 12.1 Å². The van der Waals surface area contributed by atoms with Crippen LogP contribution < -0.4 is 5.32 Å². The fourth-order valence-electron chi connectivity index (χ4n) is 3.91. The van der Waals surface area contributed by atoms with Crippen LogP contribution >= 0.6 is 0 Å². The van der Waals surface area contributed by atoms with Crippen molar-refractivity contribution in [1.82, 2.24) is 15.1 Å². The van der Waals surface area contributed by atoms with Gasteiger partial charge in [-0.2, -0.15) is 10.2 Å². The maximum absolute atomic E-state index is 12.2. The van der Waals surface area contributed by atoms with Gasteiger partial charge in [0.25, 0.3) is 0 Å². The molecule has 2 heterocycles. The number of benzene rings is 1. The summed E-state index contributed by atoms with van der Waals surface area (Å²) in [7, 11) is 0. The first-order valence-electron chi connectivity index (χ1n) is 10.4. The van der Waals surface area contributed by atoms with E-state index in [1.54, 1.807) is 0 Å². The van der Waals surface area contributed by atoms with Crippen LogP contribution in [0, 0.1) is 0 Å². The fourth-order valence-corrected chi connectivity index (χ4v) is 3.91. The van der Waals surface area contributed by atoms with E-state index in [4.69, 9.17) is 9.47 Å². The molecule has 1 amide bonds. The number of nitrogens with one attached hydrogen (secondary N) is 1. The van der Waals surface area contributed by atoms with Crippen molar-refractivity contribution in [2.75, 3.05) is 51.4 Å². The lowest BCUT2D eigenvalue weighted by Crippen LogP contribution is -2.38. The largest absolute Gasteiger partial charge is 0.379 e. The molecule has 0 unspecified atom stereocenters. The summed E-state index contributed by atoms with van der Waals surface area (Å²) in [6.45, 7) is 4.80. The smallest absolute Gasteiger partial charge is 0.250 e. The van der Waals surface area contributed by atoms with Gasteiger partial charge in [-0.3, -0.25) is 9.69 Å². The second kappa shape index (κ2) is 9.91. The number of hydrogen-bond donors (Lipinski definition) is 1. The molecule has 1 aromatic heterocycles. The number of ether oxygens (including phenoxy) is 2. The molecule has 0 spiro atoms. The maximum atomic E-state index is 12.2. The summed E-state index contributed by atoms with van der Waals surface area (Å²) < 4.78 is 10.9. The van der Waals surface area contributed by atoms with Crippen LogP contribution in [0.2, 0.25) is 0 Å². The van der Waals surface area contributed by atoms with Crippen molar-refractivity contribution in [2.24, 2.45) is 0 Å². The standard InChI is InChI=1S/C22H28N4O3/c27-21(16-29-13-10-26-8-11-28-12-9-26)24-19-6-3-5-17(14-19)22-20-7-2-1-4-18(20)15-23-25-22/h3,5-6,14-15H,1-2,4,7-13,16H2,(H,24,27). The molecule has 2 aromatic rings. The topological polar surface area (TPSA) is 76.6 Å². The van der Waals surface area contributed by atoms with Crippen molar-refractivity contribution in [3.8, 4) is 11.3 Å². The highest BCUT2D eigenvalue weighted by Crippen LogP contribution is 2.30. The lowest BCUT2D eigenvalue weighted by atomic mass is 9.90. The number of aryl methyl sites for hydroxylation is 1. The van der Waals surface area contributed by atoms with Crippen LogP contribution in [0.5, 0.6) is 0 Å². The molecule has 0 saturated carbocycles. The Labute approximate surface area is 171 Å². The predicted octanol–water partition coefficient (Wildman–Crippen LogP) is 2.31. The third-order valence-electron chi connectivity index (χ3n) is 5.48. The summed E-state index contributed by atoms with van der Waals surface area (Å²) in [5.74, 6) is -0.148. The van der Waals surface area contributed by atoms with Gasteiger partial charge < -0.3 is 14.8 Å². The molecule has 154 valence electrons. The van der Waals surface area contributed by atoms with Gasteiger partial charge in [0, 0.05) is 30.9 Å². The summed E-state index contributed by atoms with van der Waals surface area (Å²) in [6, 6.07) is 7.81. The van der Waals surface area contributed by atoms with E-state index in [0.29, 0.717) is 6.61 Å². The highest BCUT2D eigenvalue weighted by atomic mass is 16.5. The Kier molecular flexibility index (Phi) is 6.82. The summed E-state index contributed by atoms with van der Waals surface area (Å²) in [4.78, 5) is 14.5. The number of nitrogens with zero attached hydrogens (tertiary/aromatic N) is 3. The van der Waals surface area contributed by atoms with Gasteiger partial charge in [-0.25, -0.2) is 0 Å². The minimum absolute atomic E-state index is 0.0507. The van der Waals surface area contributed by atoms with E-state index >= 15 is 0 Å². The van der Waals surface area contributed by atoms with Crippen LogP contribution in [0.4, 0.5) is 5.69 Å². The average molecular weight is 396 g/mol. The third kappa shape index (κ3) is 5.38. The number of fused-ring (bicyclic) bond motifs is 1. The van der Waals surface area contributed by atoms with E-state index in [9.17, 15) is 4.79 Å². The van der Waals surface area contributed by atoms with Crippen LogP contribution in [-0.4, -0.2) is 67.1 Å². The van der Waals surface area contributed by atoms with E-state index < -0.39 is 0 Å². The monoisotopic (exact) mass is 396 g/mol. The first-order chi connectivity index (χ1) is 14.3. The van der Waals surface area contributed by atoms with Gasteiger partial charge in [-0.15, -0.1) is 0 Å². The molecule has 2 aliphatic rings. The predicted molar refractivity (Wildman–Crippen MR) is 111 cm³/mol. The number of rotatable bonds is 7. The Morgan fingerprint density at radius 1 is 1.21 bits per heavy atom. The van der Waals surface area contributed by atoms with Crippen LogP contribution in [0.25, 0.3) is 11.3 Å². The number of morpholine rings is 1. The quantitative estimate of drug-likeness (QED) is 0.724. The molecule has 1 aromatic carbocycles. The van der Waals surface area contributed by atoms with Crippen molar-refractivity contribution < 1.29 is 14.3 Å². The molecule has 4 rings (SSSR count). The van der Waals surface area contributed by atoms with E-state index in [1.807, 2.05) is 30.5 Å². The molecule has 0 radical (unpaired) electrons. The van der Waals surface area contributed by atoms with E-state index in [0.717, 1.165) is 62.6 Å². The highest BCUT2D eigenvalue weighted by molar-refractivity contribution is 5.92. The molecule has 7 nitrogen and oxygen atoms in total. The van der Waals surface area contributed by atoms with Gasteiger partial charge in [0.2, 0.25) is 5.91 Å². The van der Waals surface area contributed by atoms with Gasteiger partial charge in [0.15, 0.2) is 0 Å². The number of hydrogen-bond acceptors (Lipinski definition) is 6. The van der Waals surface area contributed by atoms with E-state index in [-0.39, 0.29) is 12.5 Å². The molecule has 1 saturated heterocycles. The van der Waals surface area contributed by atoms with E-state index in [1.165, 1.54) is 24.0 Å². The number of carbonyl (C=O) groups is 1. The highest BCUT2D eigenvalue weighted by Gasteiger charge is 2.16. The molecular formula is C22H28N4O3. The summed E-state index contributed by atoms with van der Waals surface area (Å²) in [5.41, 5.74) is 5.26. The number of carbonyl (C=O) groups excluding carboxylic acids is 1. The molecular weight excluding hydrogens is 368 g/mol. The lowest BCUT2D eigenvalue weighted by molar-refractivity contribution is -0.120. The molecule has 0 bridgehead atoms. The average Bonchev–Trinajstić information content (AvgIpc) is 2.77. The van der Waals surface area contributed by atoms with Crippen LogP contribution in [0.3, 0.4) is 0 Å². The van der Waals surface area contributed by atoms with Crippen molar-refractivity contribution in [3.63, 3.8) is 0 Å². The SMILES string of the molecule is O=C(COCCN1CCOCC1)Nc1cccc(-c2nncc3c2CCCC3)c1. The van der Waals surface area contributed by atoms with Crippen LogP contribution in [0.15, 0.2) is 30.5 Å². The van der Waals surface area contributed by atoms with Crippen molar-refractivity contribution in [2.45, 2.75) is 25.7 Å². The molecule has 29 heavy (non-hydrogen) atoms. The fraction of sp³-hybridized carbons (Fsp3) is 0.500. The Bertz CT molecular complexity index is 837. The second-order valence-corrected chi connectivity index (χ2v) is 7.54. The Hall–Kier alpha value is -2.35. The molecule has 1 aliphatic heterocycles. The summed E-state index contributed by atoms with van der Waals surface area (Å²) in [6.07, 6.45) is 6.38. The summed E-state index contributed by atoms with van der Waals surface area (Å²) in [5, 5.41) is 11.5. The van der Waals surface area contributed by atoms with Gasteiger partial charge in [0.1, 0.15) is 6.61 Å². The van der Waals surface area contributed by atoms with Crippen molar-refractivity contribution in [3.05, 3.63) is 41.6 Å². The number of amides is 1. The minimum atomic E-state index is -0.148. The van der Waals surface area contributed by atoms with E-state index in [2.05, 4.69) is 20.4 Å². The summed E-state index contributed by atoms with van der Waals surface area (Å²) >= 11 is 0.